The van der Waals surface area contributed by atoms with E-state index in [1.807, 2.05) is 0 Å². The molecule has 1 heterocycles. The van der Waals surface area contributed by atoms with E-state index in [2.05, 4.69) is 20.9 Å². The zero-order valence-electron chi connectivity index (χ0n) is 19.3. The van der Waals surface area contributed by atoms with Crippen LogP contribution >= 0.6 is 11.6 Å². The summed E-state index contributed by atoms with van der Waals surface area (Å²) in [5.41, 5.74) is -2.01. The third-order valence-corrected chi connectivity index (χ3v) is 6.02. The van der Waals surface area contributed by atoms with E-state index in [-0.39, 0.29) is 30.1 Å². The van der Waals surface area contributed by atoms with Gasteiger partial charge in [0, 0.05) is 30.7 Å². The monoisotopic (exact) mass is 532 g/mol. The Morgan fingerprint density at radius 3 is 2.14 bits per heavy atom. The number of halogens is 4. The number of alkyl halides is 3. The first kappa shape index (κ1) is 26.0. The maximum absolute atomic E-state index is 13.1. The van der Waals surface area contributed by atoms with Gasteiger partial charge < -0.3 is 20.7 Å². The van der Waals surface area contributed by atoms with Crippen LogP contribution in [0.5, 0.6) is 11.5 Å². The number of hydrogen-bond acceptors (Lipinski definition) is 5. The van der Waals surface area contributed by atoms with Crippen LogP contribution in [0.3, 0.4) is 0 Å². The highest BCUT2D eigenvalue weighted by atomic mass is 35.5. The van der Waals surface area contributed by atoms with E-state index >= 15 is 0 Å². The molecule has 37 heavy (non-hydrogen) atoms. The molecule has 192 valence electrons. The molecule has 4 rings (SSSR count). The molecule has 12 heteroatoms. The molecule has 1 saturated carbocycles. The summed E-state index contributed by atoms with van der Waals surface area (Å²) in [5.74, 6) is -0.833. The van der Waals surface area contributed by atoms with E-state index in [9.17, 15) is 27.6 Å². The number of aromatic nitrogens is 1. The molecule has 8 nitrogen and oxygen atoms in total. The lowest BCUT2D eigenvalue weighted by Crippen LogP contribution is -2.35. The zero-order valence-corrected chi connectivity index (χ0v) is 20.0. The summed E-state index contributed by atoms with van der Waals surface area (Å²) in [5, 5.41) is 7.03. The third-order valence-electron chi connectivity index (χ3n) is 5.69. The number of anilines is 2. The van der Waals surface area contributed by atoms with E-state index in [0.29, 0.717) is 17.2 Å². The van der Waals surface area contributed by atoms with E-state index in [0.717, 1.165) is 12.1 Å². The molecular formula is C25H20ClF3N4O4. The number of nitrogens with zero attached hydrogens (tertiary/aromatic N) is 1. The van der Waals surface area contributed by atoms with Gasteiger partial charge in [0.25, 0.3) is 5.91 Å². The highest BCUT2D eigenvalue weighted by molar-refractivity contribution is 6.31. The minimum absolute atomic E-state index is 0.113. The molecule has 1 aliphatic rings. The fourth-order valence-electron chi connectivity index (χ4n) is 3.47. The lowest BCUT2D eigenvalue weighted by atomic mass is 10.0. The van der Waals surface area contributed by atoms with Crippen LogP contribution in [-0.4, -0.2) is 29.8 Å². The number of benzene rings is 2. The number of carbonyl (C=O) groups is 3. The molecule has 1 aromatic heterocycles. The van der Waals surface area contributed by atoms with Gasteiger partial charge in [-0.05, 0) is 61.4 Å². The molecule has 3 amide bonds. The fraction of sp³-hybridized carbons (Fsp3) is 0.200. The first-order chi connectivity index (χ1) is 17.5. The van der Waals surface area contributed by atoms with Crippen molar-refractivity contribution in [2.75, 3.05) is 17.7 Å². The van der Waals surface area contributed by atoms with Gasteiger partial charge in [-0.25, -0.2) is 0 Å². The normalized spacial score (nSPS) is 13.9. The Morgan fingerprint density at radius 1 is 0.919 bits per heavy atom. The average molecular weight is 533 g/mol. The lowest BCUT2D eigenvalue weighted by molar-refractivity contribution is -0.137. The summed E-state index contributed by atoms with van der Waals surface area (Å²) in [4.78, 5) is 41.3. The first-order valence-corrected chi connectivity index (χ1v) is 11.4. The van der Waals surface area contributed by atoms with Crippen molar-refractivity contribution in [2.24, 2.45) is 5.41 Å². The number of carbonyl (C=O) groups excluding carboxylic acids is 3. The summed E-state index contributed by atoms with van der Waals surface area (Å²) < 4.78 is 45.0. The summed E-state index contributed by atoms with van der Waals surface area (Å²) in [6, 6.07) is 12.4. The Kier molecular flexibility index (Phi) is 7.08. The van der Waals surface area contributed by atoms with Crippen molar-refractivity contribution in [3.63, 3.8) is 0 Å². The van der Waals surface area contributed by atoms with Crippen molar-refractivity contribution in [3.8, 4) is 11.5 Å². The smallest absolute Gasteiger partial charge is 0.417 e. The fourth-order valence-corrected chi connectivity index (χ4v) is 3.70. The van der Waals surface area contributed by atoms with Gasteiger partial charge in [0.15, 0.2) is 0 Å². The zero-order chi connectivity index (χ0) is 26.8. The highest BCUT2D eigenvalue weighted by Crippen LogP contribution is 2.48. The van der Waals surface area contributed by atoms with Crippen LogP contribution in [0.2, 0.25) is 5.02 Å². The van der Waals surface area contributed by atoms with Gasteiger partial charge in [-0.2, -0.15) is 13.2 Å². The van der Waals surface area contributed by atoms with Gasteiger partial charge in [0.1, 0.15) is 22.6 Å². The van der Waals surface area contributed by atoms with E-state index < -0.39 is 34.0 Å². The second kappa shape index (κ2) is 10.1. The van der Waals surface area contributed by atoms with Crippen LogP contribution in [0.4, 0.5) is 24.5 Å². The minimum Gasteiger partial charge on any atom is -0.457 e. The second-order valence-electron chi connectivity index (χ2n) is 8.27. The van der Waals surface area contributed by atoms with Crippen molar-refractivity contribution < 1.29 is 32.3 Å². The Hall–Kier alpha value is -4.12. The van der Waals surface area contributed by atoms with Crippen molar-refractivity contribution in [1.29, 1.82) is 0 Å². The Morgan fingerprint density at radius 2 is 1.54 bits per heavy atom. The van der Waals surface area contributed by atoms with E-state index in [4.69, 9.17) is 16.3 Å². The quantitative estimate of drug-likeness (QED) is 0.359. The van der Waals surface area contributed by atoms with Crippen molar-refractivity contribution in [1.82, 2.24) is 10.3 Å². The SMILES string of the molecule is CNC(=O)c1cc(Oc2ccc(NC(=O)C3(C(=O)Nc4ccc(Cl)c(C(F)(F)F)c4)CC3)cc2)ccn1. The minimum atomic E-state index is -4.69. The second-order valence-corrected chi connectivity index (χ2v) is 8.67. The molecular weight excluding hydrogens is 513 g/mol. The standard InChI is InChI=1S/C25H20ClF3N4O4/c1-30-21(34)20-13-17(8-11-31-20)37-16-5-2-14(3-6-16)32-22(35)24(9-10-24)23(36)33-15-4-7-19(26)18(12-15)25(27,28)29/h2-8,11-13H,9-10H2,1H3,(H,30,34)(H,32,35)(H,33,36). The predicted octanol–water partition coefficient (Wildman–Crippen LogP) is 5.26. The Labute approximate surface area is 214 Å². The summed E-state index contributed by atoms with van der Waals surface area (Å²) in [7, 11) is 1.49. The van der Waals surface area contributed by atoms with Crippen molar-refractivity contribution in [3.05, 3.63) is 77.1 Å². The molecule has 0 aliphatic heterocycles. The largest absolute Gasteiger partial charge is 0.457 e. The van der Waals surface area contributed by atoms with Crippen LogP contribution in [-0.2, 0) is 15.8 Å². The molecule has 0 unspecified atom stereocenters. The number of amides is 3. The summed E-state index contributed by atoms with van der Waals surface area (Å²) >= 11 is 5.62. The molecule has 3 N–H and O–H groups in total. The topological polar surface area (TPSA) is 109 Å². The molecule has 0 bridgehead atoms. The maximum Gasteiger partial charge on any atom is 0.417 e. The Bertz CT molecular complexity index is 1360. The highest BCUT2D eigenvalue weighted by Gasteiger charge is 2.56. The van der Waals surface area contributed by atoms with Crippen LogP contribution in [0.25, 0.3) is 0 Å². The average Bonchev–Trinajstić information content (AvgIpc) is 3.68. The predicted molar refractivity (Wildman–Crippen MR) is 130 cm³/mol. The van der Waals surface area contributed by atoms with Crippen molar-refractivity contribution >= 4 is 40.7 Å². The van der Waals surface area contributed by atoms with Gasteiger partial charge in [0.2, 0.25) is 11.8 Å². The molecule has 0 radical (unpaired) electrons. The van der Waals surface area contributed by atoms with Crippen LogP contribution in [0.15, 0.2) is 60.8 Å². The van der Waals surface area contributed by atoms with E-state index in [1.54, 1.807) is 30.3 Å². The van der Waals surface area contributed by atoms with Gasteiger partial charge in [-0.3, -0.25) is 19.4 Å². The van der Waals surface area contributed by atoms with E-state index in [1.165, 1.54) is 25.4 Å². The molecule has 0 spiro atoms. The molecule has 1 fully saturated rings. The third kappa shape index (κ3) is 5.83. The summed E-state index contributed by atoms with van der Waals surface area (Å²) in [6.45, 7) is 0. The molecule has 2 aromatic carbocycles. The van der Waals surface area contributed by atoms with Crippen LogP contribution in [0.1, 0.15) is 28.9 Å². The number of nitrogens with one attached hydrogen (secondary N) is 3. The number of pyridine rings is 1. The summed E-state index contributed by atoms with van der Waals surface area (Å²) in [6.07, 6.45) is -2.75. The van der Waals surface area contributed by atoms with Gasteiger partial charge in [0.05, 0.1) is 10.6 Å². The van der Waals surface area contributed by atoms with Gasteiger partial charge in [-0.1, -0.05) is 11.6 Å². The first-order valence-electron chi connectivity index (χ1n) is 11.0. The van der Waals surface area contributed by atoms with Crippen LogP contribution in [0, 0.1) is 5.41 Å². The maximum atomic E-state index is 13.1. The van der Waals surface area contributed by atoms with Gasteiger partial charge >= 0.3 is 6.18 Å². The number of ether oxygens (including phenoxy) is 1. The van der Waals surface area contributed by atoms with Crippen LogP contribution < -0.4 is 20.7 Å². The Balaban J connectivity index is 1.40. The molecule has 0 atom stereocenters. The lowest BCUT2D eigenvalue weighted by Gasteiger charge is -2.17. The number of hydrogen-bond donors (Lipinski definition) is 3. The van der Waals surface area contributed by atoms with Crippen molar-refractivity contribution in [2.45, 2.75) is 19.0 Å². The number of rotatable bonds is 7. The molecule has 3 aromatic rings. The molecule has 1 aliphatic carbocycles. The van der Waals surface area contributed by atoms with Gasteiger partial charge in [-0.15, -0.1) is 0 Å². The molecule has 0 saturated heterocycles.